The molecule has 1 fully saturated rings. The molecule has 0 spiro atoms. The highest BCUT2D eigenvalue weighted by atomic mass is 35.5. The molecule has 1 saturated heterocycles. The summed E-state index contributed by atoms with van der Waals surface area (Å²) in [5, 5.41) is 3.49. The maximum Gasteiger partial charge on any atom is 0.283 e. The van der Waals surface area contributed by atoms with Gasteiger partial charge in [-0.05, 0) is 42.1 Å². The van der Waals surface area contributed by atoms with Gasteiger partial charge < -0.3 is 5.32 Å². The molecule has 2 aromatic carbocycles. The van der Waals surface area contributed by atoms with Crippen molar-refractivity contribution in [3.8, 4) is 0 Å². The minimum Gasteiger partial charge on any atom is -0.327 e. The molecular weight excluding hydrogens is 367 g/mol. The predicted octanol–water partition coefficient (Wildman–Crippen LogP) is 3.89. The van der Waals surface area contributed by atoms with Crippen molar-refractivity contribution >= 4 is 58.4 Å². The van der Waals surface area contributed by atoms with Crippen LogP contribution in [0.5, 0.6) is 0 Å². The largest absolute Gasteiger partial charge is 0.327 e. The molecule has 0 bridgehead atoms. The van der Waals surface area contributed by atoms with Gasteiger partial charge in [0, 0.05) is 5.02 Å². The fraction of sp³-hybridized carbons (Fsp3) is 0. The molecule has 120 valence electrons. The van der Waals surface area contributed by atoms with Gasteiger partial charge in [-0.2, -0.15) is 0 Å². The highest BCUT2D eigenvalue weighted by Crippen LogP contribution is 2.23. The summed E-state index contributed by atoms with van der Waals surface area (Å²) in [7, 11) is 0. The van der Waals surface area contributed by atoms with Crippen molar-refractivity contribution in [2.24, 2.45) is 0 Å². The molecule has 1 aliphatic heterocycles. The molecule has 2 amide bonds. The Morgan fingerprint density at radius 2 is 1.67 bits per heavy atom. The van der Waals surface area contributed by atoms with Gasteiger partial charge in [0.1, 0.15) is 5.70 Å². The van der Waals surface area contributed by atoms with Crippen molar-refractivity contribution in [1.82, 2.24) is 10.2 Å². The number of nitrogens with zero attached hydrogens (tertiary/aromatic N) is 1. The average Bonchev–Trinajstić information content (AvgIpc) is 2.83. The summed E-state index contributed by atoms with van der Waals surface area (Å²) in [6.45, 7) is 0. The lowest BCUT2D eigenvalue weighted by Gasteiger charge is -2.12. The molecular formula is C17H10Cl2N2O2S. The Morgan fingerprint density at radius 1 is 1.04 bits per heavy atom. The van der Waals surface area contributed by atoms with E-state index in [4.69, 9.17) is 35.4 Å². The van der Waals surface area contributed by atoms with Crippen molar-refractivity contribution < 1.29 is 9.59 Å². The first-order valence-corrected chi connectivity index (χ1v) is 8.06. The molecule has 3 rings (SSSR count). The van der Waals surface area contributed by atoms with Gasteiger partial charge in [0.25, 0.3) is 11.8 Å². The molecule has 0 radical (unpaired) electrons. The SMILES string of the molecule is O=C1/C(=C/c2ccccc2Cl)NC(=S)N1C(=O)c1ccccc1Cl. The Balaban J connectivity index is 1.94. The number of thiocarbonyl (C=S) groups is 1. The highest BCUT2D eigenvalue weighted by Gasteiger charge is 2.36. The van der Waals surface area contributed by atoms with E-state index in [9.17, 15) is 9.59 Å². The van der Waals surface area contributed by atoms with Gasteiger partial charge in [0.05, 0.1) is 10.6 Å². The zero-order chi connectivity index (χ0) is 17.3. The first-order valence-electron chi connectivity index (χ1n) is 6.89. The second kappa shape index (κ2) is 6.73. The van der Waals surface area contributed by atoms with Crippen molar-refractivity contribution in [2.75, 3.05) is 0 Å². The van der Waals surface area contributed by atoms with Crippen molar-refractivity contribution in [2.45, 2.75) is 0 Å². The number of hydrogen-bond acceptors (Lipinski definition) is 3. The third kappa shape index (κ3) is 3.06. The van der Waals surface area contributed by atoms with Gasteiger partial charge >= 0.3 is 0 Å². The lowest BCUT2D eigenvalue weighted by Crippen LogP contribution is -2.36. The van der Waals surface area contributed by atoms with Crippen LogP contribution in [0.2, 0.25) is 10.0 Å². The third-order valence-corrected chi connectivity index (χ3v) is 4.35. The van der Waals surface area contributed by atoms with Crippen LogP contribution in [0.3, 0.4) is 0 Å². The molecule has 0 saturated carbocycles. The number of carbonyl (C=O) groups excluding carboxylic acids is 2. The van der Waals surface area contributed by atoms with Crippen LogP contribution in [0.4, 0.5) is 0 Å². The van der Waals surface area contributed by atoms with E-state index < -0.39 is 11.8 Å². The number of carbonyl (C=O) groups is 2. The molecule has 0 unspecified atom stereocenters. The monoisotopic (exact) mass is 376 g/mol. The quantitative estimate of drug-likeness (QED) is 0.490. The van der Waals surface area contributed by atoms with E-state index in [1.54, 1.807) is 48.5 Å². The van der Waals surface area contributed by atoms with Gasteiger partial charge in [0.2, 0.25) is 0 Å². The van der Waals surface area contributed by atoms with E-state index in [2.05, 4.69) is 5.32 Å². The number of hydrogen-bond donors (Lipinski definition) is 1. The molecule has 0 aromatic heterocycles. The molecule has 0 atom stereocenters. The van der Waals surface area contributed by atoms with E-state index in [-0.39, 0.29) is 21.4 Å². The lowest BCUT2D eigenvalue weighted by atomic mass is 10.1. The van der Waals surface area contributed by atoms with Gasteiger partial charge in [0.15, 0.2) is 5.11 Å². The fourth-order valence-electron chi connectivity index (χ4n) is 2.22. The smallest absolute Gasteiger partial charge is 0.283 e. The summed E-state index contributed by atoms with van der Waals surface area (Å²) in [6, 6.07) is 13.5. The van der Waals surface area contributed by atoms with E-state index in [0.717, 1.165) is 4.90 Å². The Morgan fingerprint density at radius 3 is 2.33 bits per heavy atom. The zero-order valence-electron chi connectivity index (χ0n) is 12.1. The molecule has 4 nitrogen and oxygen atoms in total. The first-order chi connectivity index (χ1) is 11.5. The summed E-state index contributed by atoms with van der Waals surface area (Å²) in [5.74, 6) is -1.13. The minimum absolute atomic E-state index is 0.00298. The van der Waals surface area contributed by atoms with Gasteiger partial charge in [-0.15, -0.1) is 0 Å². The molecule has 2 aromatic rings. The normalized spacial score (nSPS) is 15.8. The number of nitrogens with one attached hydrogen (secondary N) is 1. The van der Waals surface area contributed by atoms with Gasteiger partial charge in [-0.1, -0.05) is 53.5 Å². The van der Waals surface area contributed by atoms with Crippen LogP contribution < -0.4 is 5.32 Å². The summed E-state index contributed by atoms with van der Waals surface area (Å²) in [4.78, 5) is 26.0. The van der Waals surface area contributed by atoms with Crippen molar-refractivity contribution in [3.05, 3.63) is 75.4 Å². The van der Waals surface area contributed by atoms with E-state index in [1.165, 1.54) is 6.07 Å². The van der Waals surface area contributed by atoms with Crippen LogP contribution in [0, 0.1) is 0 Å². The highest BCUT2D eigenvalue weighted by molar-refractivity contribution is 7.80. The van der Waals surface area contributed by atoms with Crippen LogP contribution in [0.25, 0.3) is 6.08 Å². The Kier molecular flexibility index (Phi) is 4.66. The van der Waals surface area contributed by atoms with Crippen LogP contribution in [0.15, 0.2) is 54.2 Å². The third-order valence-electron chi connectivity index (χ3n) is 3.39. The summed E-state index contributed by atoms with van der Waals surface area (Å²) in [5.41, 5.74) is 1.02. The minimum atomic E-state index is -0.578. The molecule has 24 heavy (non-hydrogen) atoms. The average molecular weight is 377 g/mol. The van der Waals surface area contributed by atoms with E-state index in [0.29, 0.717) is 10.6 Å². The van der Waals surface area contributed by atoms with E-state index in [1.807, 2.05) is 0 Å². The van der Waals surface area contributed by atoms with Crippen molar-refractivity contribution in [3.63, 3.8) is 0 Å². The van der Waals surface area contributed by atoms with Gasteiger partial charge in [-0.3, -0.25) is 9.59 Å². The second-order valence-corrected chi connectivity index (χ2v) is 6.14. The van der Waals surface area contributed by atoms with Gasteiger partial charge in [-0.25, -0.2) is 4.90 Å². The summed E-state index contributed by atoms with van der Waals surface area (Å²) < 4.78 is 0. The first kappa shape index (κ1) is 16.6. The van der Waals surface area contributed by atoms with Crippen LogP contribution >= 0.6 is 35.4 Å². The molecule has 1 aliphatic rings. The molecule has 1 N–H and O–H groups in total. The molecule has 0 aliphatic carbocycles. The van der Waals surface area contributed by atoms with Crippen LogP contribution in [-0.2, 0) is 4.79 Å². The number of benzene rings is 2. The lowest BCUT2D eigenvalue weighted by molar-refractivity contribution is -0.120. The Bertz CT molecular complexity index is 896. The van der Waals surface area contributed by atoms with Crippen LogP contribution in [-0.4, -0.2) is 21.8 Å². The van der Waals surface area contributed by atoms with Crippen molar-refractivity contribution in [1.29, 1.82) is 0 Å². The predicted molar refractivity (Wildman–Crippen MR) is 97.8 cm³/mol. The maximum atomic E-state index is 12.6. The number of rotatable bonds is 2. The second-order valence-electron chi connectivity index (χ2n) is 4.94. The van der Waals surface area contributed by atoms with E-state index >= 15 is 0 Å². The Hall–Kier alpha value is -2.21. The number of amides is 2. The number of imide groups is 1. The fourth-order valence-corrected chi connectivity index (χ4v) is 2.90. The standard InChI is InChI=1S/C17H10Cl2N2O2S/c18-12-7-3-1-5-10(12)9-14-16(23)21(17(24)20-14)15(22)11-6-2-4-8-13(11)19/h1-9H,(H,20,24)/b14-9-. The number of halogens is 2. The summed E-state index contributed by atoms with van der Waals surface area (Å²) in [6.07, 6.45) is 1.55. The topological polar surface area (TPSA) is 49.4 Å². The Labute approximate surface area is 153 Å². The zero-order valence-corrected chi connectivity index (χ0v) is 14.5. The van der Waals surface area contributed by atoms with Crippen LogP contribution in [0.1, 0.15) is 15.9 Å². The maximum absolute atomic E-state index is 12.6. The summed E-state index contributed by atoms with van der Waals surface area (Å²) >= 11 is 17.2. The molecule has 1 heterocycles. The molecule has 7 heteroatoms.